The zero-order valence-corrected chi connectivity index (χ0v) is 7.62. The maximum Gasteiger partial charge on any atom is 0.158 e. The molecule has 0 amide bonds. The van der Waals surface area contributed by atoms with Crippen LogP contribution in [0.3, 0.4) is 0 Å². The van der Waals surface area contributed by atoms with Crippen LogP contribution in [0.5, 0.6) is 0 Å². The third kappa shape index (κ3) is 1.13. The highest BCUT2D eigenvalue weighted by atomic mass is 15.3. The highest BCUT2D eigenvalue weighted by Gasteiger charge is 2.06. The Morgan fingerprint density at radius 1 is 1.40 bits per heavy atom. The van der Waals surface area contributed by atoms with Crippen molar-refractivity contribution in [3.05, 3.63) is 24.9 Å². The number of hydrogen-bond donors (Lipinski definition) is 2. The number of nitrogen functional groups attached to an aromatic ring is 1. The molecule has 0 unspecified atom stereocenters. The van der Waals surface area contributed by atoms with Crippen LogP contribution >= 0.6 is 0 Å². The monoisotopic (exact) mass is 201 g/mol. The number of aromatic nitrogens is 6. The van der Waals surface area contributed by atoms with Gasteiger partial charge in [-0.3, -0.25) is 5.10 Å². The van der Waals surface area contributed by atoms with Crippen molar-refractivity contribution in [2.24, 2.45) is 0 Å². The maximum atomic E-state index is 5.83. The number of pyridine rings is 1. The summed E-state index contributed by atoms with van der Waals surface area (Å²) in [6.45, 7) is 0. The second-order valence-electron chi connectivity index (χ2n) is 3.04. The summed E-state index contributed by atoms with van der Waals surface area (Å²) in [6.07, 6.45) is 4.62. The van der Waals surface area contributed by atoms with Crippen molar-refractivity contribution in [2.75, 3.05) is 5.73 Å². The van der Waals surface area contributed by atoms with E-state index in [4.69, 9.17) is 5.73 Å². The molecule has 0 atom stereocenters. The fourth-order valence-electron chi connectivity index (χ4n) is 1.39. The van der Waals surface area contributed by atoms with Crippen molar-refractivity contribution in [3.63, 3.8) is 0 Å². The molecule has 0 saturated carbocycles. The van der Waals surface area contributed by atoms with Crippen LogP contribution in [0, 0.1) is 0 Å². The van der Waals surface area contributed by atoms with Crippen molar-refractivity contribution in [3.8, 4) is 5.82 Å². The van der Waals surface area contributed by atoms with Crippen molar-refractivity contribution < 1.29 is 0 Å². The van der Waals surface area contributed by atoms with Gasteiger partial charge in [-0.05, 0) is 0 Å². The summed E-state index contributed by atoms with van der Waals surface area (Å²) in [4.78, 5) is 8.17. The lowest BCUT2D eigenvalue weighted by Crippen LogP contribution is -2.00. The minimum Gasteiger partial charge on any atom is -0.397 e. The van der Waals surface area contributed by atoms with E-state index in [1.165, 1.54) is 6.33 Å². The Bertz CT molecular complexity index is 595. The van der Waals surface area contributed by atoms with E-state index in [1.807, 2.05) is 0 Å². The SMILES string of the molecule is Nc1cc(-n2cncn2)nc2cn[nH]c12. The molecule has 0 fully saturated rings. The van der Waals surface area contributed by atoms with E-state index in [1.54, 1.807) is 23.3 Å². The molecular weight excluding hydrogens is 194 g/mol. The maximum absolute atomic E-state index is 5.83. The molecule has 7 heteroatoms. The summed E-state index contributed by atoms with van der Waals surface area (Å²) in [7, 11) is 0. The fourth-order valence-corrected chi connectivity index (χ4v) is 1.39. The summed E-state index contributed by atoms with van der Waals surface area (Å²) in [5, 5.41) is 10.6. The molecule has 0 saturated heterocycles. The van der Waals surface area contributed by atoms with Gasteiger partial charge in [-0.1, -0.05) is 0 Å². The van der Waals surface area contributed by atoms with Crippen molar-refractivity contribution in [1.29, 1.82) is 0 Å². The van der Waals surface area contributed by atoms with Gasteiger partial charge in [-0.2, -0.15) is 10.2 Å². The molecule has 3 rings (SSSR count). The van der Waals surface area contributed by atoms with E-state index >= 15 is 0 Å². The van der Waals surface area contributed by atoms with E-state index in [2.05, 4.69) is 25.3 Å². The van der Waals surface area contributed by atoms with Gasteiger partial charge in [0.1, 0.15) is 23.7 Å². The quantitative estimate of drug-likeness (QED) is 0.582. The lowest BCUT2D eigenvalue weighted by atomic mass is 10.3. The van der Waals surface area contributed by atoms with Crippen LogP contribution < -0.4 is 5.73 Å². The molecule has 3 aromatic heterocycles. The summed E-state index contributed by atoms with van der Waals surface area (Å²) in [6, 6.07) is 1.72. The number of fused-ring (bicyclic) bond motifs is 1. The number of anilines is 1. The number of hydrogen-bond acceptors (Lipinski definition) is 5. The van der Waals surface area contributed by atoms with Crippen molar-refractivity contribution in [2.45, 2.75) is 0 Å². The van der Waals surface area contributed by atoms with Crippen LogP contribution in [0.25, 0.3) is 16.9 Å². The first-order valence-corrected chi connectivity index (χ1v) is 4.29. The van der Waals surface area contributed by atoms with E-state index < -0.39 is 0 Å². The van der Waals surface area contributed by atoms with Gasteiger partial charge >= 0.3 is 0 Å². The van der Waals surface area contributed by atoms with Gasteiger partial charge in [0.05, 0.1) is 11.9 Å². The number of rotatable bonds is 1. The van der Waals surface area contributed by atoms with Gasteiger partial charge in [0, 0.05) is 6.07 Å². The van der Waals surface area contributed by atoms with Crippen LogP contribution in [0.15, 0.2) is 24.9 Å². The van der Waals surface area contributed by atoms with Gasteiger partial charge < -0.3 is 5.73 Å². The number of nitrogens with zero attached hydrogens (tertiary/aromatic N) is 5. The zero-order chi connectivity index (χ0) is 10.3. The number of H-pyrrole nitrogens is 1. The Morgan fingerprint density at radius 3 is 3.13 bits per heavy atom. The second kappa shape index (κ2) is 2.77. The minimum atomic E-state index is 0.586. The molecule has 74 valence electrons. The van der Waals surface area contributed by atoms with Gasteiger partial charge in [0.25, 0.3) is 0 Å². The predicted molar refractivity (Wildman–Crippen MR) is 53.2 cm³/mol. The smallest absolute Gasteiger partial charge is 0.158 e. The molecule has 0 bridgehead atoms. The third-order valence-corrected chi connectivity index (χ3v) is 2.08. The van der Waals surface area contributed by atoms with Gasteiger partial charge in [-0.25, -0.2) is 14.6 Å². The molecule has 0 aromatic carbocycles. The first-order chi connectivity index (χ1) is 7.34. The van der Waals surface area contributed by atoms with Crippen LogP contribution in [-0.4, -0.2) is 29.9 Å². The molecule has 3 heterocycles. The third-order valence-electron chi connectivity index (χ3n) is 2.08. The van der Waals surface area contributed by atoms with E-state index in [-0.39, 0.29) is 0 Å². The molecule has 0 spiro atoms. The summed E-state index contributed by atoms with van der Waals surface area (Å²) in [5.74, 6) is 0.624. The largest absolute Gasteiger partial charge is 0.397 e. The van der Waals surface area contributed by atoms with Gasteiger partial charge in [-0.15, -0.1) is 0 Å². The van der Waals surface area contributed by atoms with Crippen LogP contribution in [0.4, 0.5) is 5.69 Å². The highest BCUT2D eigenvalue weighted by molar-refractivity contribution is 5.86. The lowest BCUT2D eigenvalue weighted by molar-refractivity contribution is 0.851. The fraction of sp³-hybridized carbons (Fsp3) is 0. The summed E-state index contributed by atoms with van der Waals surface area (Å²) < 4.78 is 1.54. The Hall–Kier alpha value is -2.44. The first-order valence-electron chi connectivity index (χ1n) is 4.29. The number of aromatic amines is 1. The molecule has 7 nitrogen and oxygen atoms in total. The lowest BCUT2D eigenvalue weighted by Gasteiger charge is -2.01. The zero-order valence-electron chi connectivity index (χ0n) is 7.62. The molecule has 0 aliphatic rings. The Kier molecular flexibility index (Phi) is 1.46. The molecule has 3 N–H and O–H groups in total. The van der Waals surface area contributed by atoms with Gasteiger partial charge in [0.2, 0.25) is 0 Å². The summed E-state index contributed by atoms with van der Waals surface area (Å²) in [5.41, 5.74) is 7.86. The Labute approximate surface area is 84.0 Å². The molecule has 0 aliphatic heterocycles. The first kappa shape index (κ1) is 7.92. The molecule has 0 aliphatic carbocycles. The van der Waals surface area contributed by atoms with Gasteiger partial charge in [0.15, 0.2) is 5.82 Å². The normalized spacial score (nSPS) is 10.9. The van der Waals surface area contributed by atoms with E-state index in [0.29, 0.717) is 17.0 Å². The second-order valence-corrected chi connectivity index (χ2v) is 3.04. The van der Waals surface area contributed by atoms with E-state index in [0.717, 1.165) is 5.52 Å². The molecular formula is C8H7N7. The summed E-state index contributed by atoms with van der Waals surface area (Å²) >= 11 is 0. The Morgan fingerprint density at radius 2 is 2.33 bits per heavy atom. The standard InChI is InChI=1S/C8H7N7/c9-5-1-7(15-4-10-3-12-15)13-6-2-11-14-8(5)6/h1-4H,(H2,9,13)(H,11,14). The topological polar surface area (TPSA) is 98.3 Å². The Balaban J connectivity index is 2.29. The van der Waals surface area contributed by atoms with Crippen LogP contribution in [0.2, 0.25) is 0 Å². The highest BCUT2D eigenvalue weighted by Crippen LogP contribution is 2.18. The number of nitrogens with one attached hydrogen (secondary N) is 1. The number of nitrogens with two attached hydrogens (primary N) is 1. The van der Waals surface area contributed by atoms with E-state index in [9.17, 15) is 0 Å². The van der Waals surface area contributed by atoms with Crippen molar-refractivity contribution in [1.82, 2.24) is 29.9 Å². The minimum absolute atomic E-state index is 0.586. The average Bonchev–Trinajstić information content (AvgIpc) is 2.88. The van der Waals surface area contributed by atoms with Crippen LogP contribution in [-0.2, 0) is 0 Å². The average molecular weight is 201 g/mol. The van der Waals surface area contributed by atoms with Crippen molar-refractivity contribution >= 4 is 16.7 Å². The molecule has 3 aromatic rings. The predicted octanol–water partition coefficient (Wildman–Crippen LogP) is 0.121. The van der Waals surface area contributed by atoms with Crippen LogP contribution in [0.1, 0.15) is 0 Å². The molecule has 15 heavy (non-hydrogen) atoms. The molecule has 0 radical (unpaired) electrons.